The minimum atomic E-state index is -0.248. The van der Waals surface area contributed by atoms with Gasteiger partial charge in [0.05, 0.1) is 11.6 Å². The minimum absolute atomic E-state index is 0.235. The lowest BCUT2D eigenvalue weighted by atomic mass is 10.2. The number of nitrogens with one attached hydrogen (secondary N) is 2. The van der Waals surface area contributed by atoms with Crippen LogP contribution in [0.1, 0.15) is 29.1 Å². The Kier molecular flexibility index (Phi) is 2.99. The molecular weight excluding hydrogens is 220 g/mol. The largest absolute Gasteiger partial charge is 0.384 e. The van der Waals surface area contributed by atoms with Crippen LogP contribution in [0, 0.1) is 0 Å². The maximum Gasteiger partial charge on any atom is 0.253 e. The Morgan fingerprint density at radius 1 is 1.47 bits per heavy atom. The number of pyridine rings is 1. The van der Waals surface area contributed by atoms with Gasteiger partial charge in [0.15, 0.2) is 0 Å². The van der Waals surface area contributed by atoms with Crippen LogP contribution in [-0.2, 0) is 0 Å². The van der Waals surface area contributed by atoms with Gasteiger partial charge in [0.25, 0.3) is 5.91 Å². The first kappa shape index (κ1) is 11.1. The van der Waals surface area contributed by atoms with Crippen molar-refractivity contribution in [2.75, 3.05) is 5.73 Å². The van der Waals surface area contributed by atoms with E-state index in [1.54, 1.807) is 12.1 Å². The highest BCUT2D eigenvalue weighted by Crippen LogP contribution is 2.07. The first-order valence-electron chi connectivity index (χ1n) is 5.04. The summed E-state index contributed by atoms with van der Waals surface area (Å²) in [6.07, 6.45) is 2.82. The van der Waals surface area contributed by atoms with Crippen LogP contribution in [0.5, 0.6) is 0 Å². The number of anilines is 1. The van der Waals surface area contributed by atoms with E-state index in [1.807, 2.05) is 6.92 Å². The first-order valence-corrected chi connectivity index (χ1v) is 5.04. The topological polar surface area (TPSA) is 110 Å². The predicted molar refractivity (Wildman–Crippen MR) is 60.9 cm³/mol. The predicted octanol–water partition coefficient (Wildman–Crippen LogP) is 0.273. The fourth-order valence-electron chi connectivity index (χ4n) is 1.31. The number of carbonyl (C=O) groups is 1. The van der Waals surface area contributed by atoms with Crippen LogP contribution in [0.4, 0.5) is 5.82 Å². The van der Waals surface area contributed by atoms with Crippen molar-refractivity contribution in [1.82, 2.24) is 25.5 Å². The molecule has 0 aliphatic heterocycles. The second-order valence-corrected chi connectivity index (χ2v) is 3.54. The molecule has 1 atom stereocenters. The summed E-state index contributed by atoms with van der Waals surface area (Å²) in [6.45, 7) is 1.81. The summed E-state index contributed by atoms with van der Waals surface area (Å²) in [5.41, 5.74) is 5.89. The number of nitrogen functional groups attached to an aromatic ring is 1. The van der Waals surface area contributed by atoms with Crippen LogP contribution in [0.3, 0.4) is 0 Å². The van der Waals surface area contributed by atoms with E-state index in [0.29, 0.717) is 17.2 Å². The molecule has 2 aromatic rings. The van der Waals surface area contributed by atoms with Gasteiger partial charge in [-0.1, -0.05) is 0 Å². The third kappa shape index (κ3) is 2.57. The average molecular weight is 232 g/mol. The summed E-state index contributed by atoms with van der Waals surface area (Å²) in [6, 6.07) is 2.95. The number of amides is 1. The molecule has 88 valence electrons. The molecule has 1 amide bonds. The van der Waals surface area contributed by atoms with Gasteiger partial charge in [0, 0.05) is 6.20 Å². The molecule has 2 aromatic heterocycles. The average Bonchev–Trinajstić information content (AvgIpc) is 2.83. The molecule has 17 heavy (non-hydrogen) atoms. The minimum Gasteiger partial charge on any atom is -0.384 e. The van der Waals surface area contributed by atoms with E-state index in [0.717, 1.165) is 0 Å². The van der Waals surface area contributed by atoms with E-state index in [2.05, 4.69) is 25.5 Å². The summed E-state index contributed by atoms with van der Waals surface area (Å²) >= 11 is 0. The number of hydrogen-bond acceptors (Lipinski definition) is 5. The molecule has 0 aliphatic carbocycles. The second kappa shape index (κ2) is 4.60. The van der Waals surface area contributed by atoms with Gasteiger partial charge >= 0.3 is 0 Å². The maximum absolute atomic E-state index is 11.8. The van der Waals surface area contributed by atoms with E-state index in [-0.39, 0.29) is 11.9 Å². The van der Waals surface area contributed by atoms with Gasteiger partial charge in [-0.05, 0) is 19.1 Å². The van der Waals surface area contributed by atoms with E-state index in [1.165, 1.54) is 12.5 Å². The number of nitrogens with two attached hydrogens (primary N) is 1. The molecule has 0 radical (unpaired) electrons. The Morgan fingerprint density at radius 2 is 2.29 bits per heavy atom. The number of hydrogen-bond donors (Lipinski definition) is 3. The zero-order valence-corrected chi connectivity index (χ0v) is 9.21. The van der Waals surface area contributed by atoms with Crippen LogP contribution in [0.15, 0.2) is 24.7 Å². The fourth-order valence-corrected chi connectivity index (χ4v) is 1.31. The fraction of sp³-hybridized carbons (Fsp3) is 0.200. The molecule has 4 N–H and O–H groups in total. The highest BCUT2D eigenvalue weighted by atomic mass is 16.1. The standard InChI is InChI=1S/C10H12N6O/c1-6(9-13-5-14-16-9)15-10(17)7-2-3-8(11)12-4-7/h2-6H,1H3,(H2,11,12)(H,15,17)(H,13,14,16). The van der Waals surface area contributed by atoms with Gasteiger partial charge in [0.2, 0.25) is 0 Å². The monoisotopic (exact) mass is 232 g/mol. The molecule has 0 aromatic carbocycles. The Bertz CT molecular complexity index is 492. The molecule has 2 heterocycles. The Labute approximate surface area is 97.5 Å². The molecule has 0 saturated heterocycles. The van der Waals surface area contributed by atoms with Crippen LogP contribution in [0.2, 0.25) is 0 Å². The van der Waals surface area contributed by atoms with Crippen molar-refractivity contribution in [3.8, 4) is 0 Å². The molecule has 0 spiro atoms. The summed E-state index contributed by atoms with van der Waals surface area (Å²) in [7, 11) is 0. The first-order chi connectivity index (χ1) is 8.16. The SMILES string of the molecule is CC(NC(=O)c1ccc(N)nc1)c1ncn[nH]1. The van der Waals surface area contributed by atoms with E-state index in [4.69, 9.17) is 5.73 Å². The zero-order valence-electron chi connectivity index (χ0n) is 9.21. The van der Waals surface area contributed by atoms with Crippen LogP contribution in [0.25, 0.3) is 0 Å². The molecule has 0 fully saturated rings. The second-order valence-electron chi connectivity index (χ2n) is 3.54. The molecule has 0 saturated carbocycles. The number of aromatic amines is 1. The molecule has 1 unspecified atom stereocenters. The summed E-state index contributed by atoms with van der Waals surface area (Å²) in [5.74, 6) is 0.744. The van der Waals surface area contributed by atoms with Crippen LogP contribution in [-0.4, -0.2) is 26.1 Å². The molecule has 7 nitrogen and oxygen atoms in total. The van der Waals surface area contributed by atoms with Crippen molar-refractivity contribution in [1.29, 1.82) is 0 Å². The number of nitrogens with zero attached hydrogens (tertiary/aromatic N) is 3. The van der Waals surface area contributed by atoms with Crippen LogP contribution < -0.4 is 11.1 Å². The van der Waals surface area contributed by atoms with Gasteiger partial charge in [-0.15, -0.1) is 0 Å². The van der Waals surface area contributed by atoms with Gasteiger partial charge in [0.1, 0.15) is 18.0 Å². The molecule has 7 heteroatoms. The zero-order chi connectivity index (χ0) is 12.3. The van der Waals surface area contributed by atoms with Gasteiger partial charge in [-0.2, -0.15) is 5.10 Å². The molecule has 0 bridgehead atoms. The molecular formula is C10H12N6O. The number of rotatable bonds is 3. The quantitative estimate of drug-likeness (QED) is 0.703. The molecule has 0 aliphatic rings. The molecule has 2 rings (SSSR count). The highest BCUT2D eigenvalue weighted by Gasteiger charge is 2.13. The number of H-pyrrole nitrogens is 1. The van der Waals surface area contributed by atoms with Gasteiger partial charge in [-0.3, -0.25) is 9.89 Å². The lowest BCUT2D eigenvalue weighted by Gasteiger charge is -2.10. The van der Waals surface area contributed by atoms with Gasteiger partial charge < -0.3 is 11.1 Å². The maximum atomic E-state index is 11.8. The van der Waals surface area contributed by atoms with Crippen molar-refractivity contribution in [2.24, 2.45) is 0 Å². The summed E-state index contributed by atoms with van der Waals surface area (Å²) in [5, 5.41) is 9.17. The smallest absolute Gasteiger partial charge is 0.253 e. The normalized spacial score (nSPS) is 12.1. The van der Waals surface area contributed by atoms with Crippen molar-refractivity contribution in [3.05, 3.63) is 36.0 Å². The summed E-state index contributed by atoms with van der Waals surface area (Å²) in [4.78, 5) is 19.6. The van der Waals surface area contributed by atoms with Crippen LogP contribution >= 0.6 is 0 Å². The van der Waals surface area contributed by atoms with Crippen molar-refractivity contribution < 1.29 is 4.79 Å². The van der Waals surface area contributed by atoms with E-state index < -0.39 is 0 Å². The van der Waals surface area contributed by atoms with Gasteiger partial charge in [-0.25, -0.2) is 9.97 Å². The van der Waals surface area contributed by atoms with E-state index >= 15 is 0 Å². The lowest BCUT2D eigenvalue weighted by Crippen LogP contribution is -2.27. The van der Waals surface area contributed by atoms with E-state index in [9.17, 15) is 4.79 Å². The van der Waals surface area contributed by atoms with Crippen molar-refractivity contribution in [2.45, 2.75) is 13.0 Å². The Balaban J connectivity index is 2.04. The third-order valence-corrected chi connectivity index (χ3v) is 2.24. The number of aromatic nitrogens is 4. The highest BCUT2D eigenvalue weighted by molar-refractivity contribution is 5.94. The Hall–Kier alpha value is -2.44. The Morgan fingerprint density at radius 3 is 2.88 bits per heavy atom. The number of carbonyl (C=O) groups excluding carboxylic acids is 1. The summed E-state index contributed by atoms with van der Waals surface area (Å²) < 4.78 is 0. The third-order valence-electron chi connectivity index (χ3n) is 2.24. The van der Waals surface area contributed by atoms with Crippen molar-refractivity contribution >= 4 is 11.7 Å². The lowest BCUT2D eigenvalue weighted by molar-refractivity contribution is 0.0938. The van der Waals surface area contributed by atoms with Crippen molar-refractivity contribution in [3.63, 3.8) is 0 Å².